The minimum absolute atomic E-state index is 0.0930. The molecule has 0 bridgehead atoms. The number of nitrogens with one attached hydrogen (secondary N) is 1. The van der Waals surface area contributed by atoms with Crippen LogP contribution in [0.3, 0.4) is 0 Å². The topological polar surface area (TPSA) is 86.8 Å². The lowest BCUT2D eigenvalue weighted by molar-refractivity contribution is -0.141. The highest BCUT2D eigenvalue weighted by molar-refractivity contribution is 7.92. The summed E-state index contributed by atoms with van der Waals surface area (Å²) in [5.74, 6) is -0.488. The van der Waals surface area contributed by atoms with Crippen molar-refractivity contribution in [3.05, 3.63) is 64.7 Å². The van der Waals surface area contributed by atoms with Gasteiger partial charge in [-0.25, -0.2) is 8.42 Å². The molecule has 0 spiro atoms. The summed E-state index contributed by atoms with van der Waals surface area (Å²) in [5, 5.41) is 3.14. The smallest absolute Gasteiger partial charge is 0.242 e. The van der Waals surface area contributed by atoms with Crippen molar-refractivity contribution in [2.75, 3.05) is 24.2 Å². The Bertz CT molecular complexity index is 1070. The van der Waals surface area contributed by atoms with E-state index < -0.39 is 16.1 Å². The molecule has 7 nitrogen and oxygen atoms in total. The van der Waals surface area contributed by atoms with Gasteiger partial charge in [0.15, 0.2) is 0 Å². The molecular weight excluding hydrogens is 462 g/mol. The maximum Gasteiger partial charge on any atom is 0.242 e. The quantitative estimate of drug-likeness (QED) is 0.516. The van der Waals surface area contributed by atoms with E-state index in [2.05, 4.69) is 5.32 Å². The van der Waals surface area contributed by atoms with Gasteiger partial charge in [0, 0.05) is 31.6 Å². The number of carbonyl (C=O) groups excluding carboxylic acids is 2. The van der Waals surface area contributed by atoms with Crippen molar-refractivity contribution >= 4 is 39.1 Å². The van der Waals surface area contributed by atoms with E-state index in [9.17, 15) is 18.0 Å². The molecule has 0 fully saturated rings. The van der Waals surface area contributed by atoms with Crippen LogP contribution in [0.2, 0.25) is 5.02 Å². The van der Waals surface area contributed by atoms with E-state index in [4.69, 9.17) is 11.6 Å². The molecule has 33 heavy (non-hydrogen) atoms. The van der Waals surface area contributed by atoms with Crippen molar-refractivity contribution < 1.29 is 18.0 Å². The number of benzene rings is 2. The summed E-state index contributed by atoms with van der Waals surface area (Å²) in [6.45, 7) is 4.09. The lowest BCUT2D eigenvalue weighted by Crippen LogP contribution is -2.48. The summed E-state index contributed by atoms with van der Waals surface area (Å²) in [7, 11) is -1.98. The maximum atomic E-state index is 13.2. The number of anilines is 1. The number of likely N-dealkylation sites (N-methyl/N-ethyl adjacent to an activating group) is 1. The van der Waals surface area contributed by atoms with E-state index in [0.717, 1.165) is 17.4 Å². The summed E-state index contributed by atoms with van der Waals surface area (Å²) >= 11 is 6.30. The predicted octanol–water partition coefficient (Wildman–Crippen LogP) is 3.75. The lowest BCUT2D eigenvalue weighted by Gasteiger charge is -2.31. The van der Waals surface area contributed by atoms with Crippen LogP contribution in [0.15, 0.2) is 48.5 Å². The molecule has 180 valence electrons. The lowest BCUT2D eigenvalue weighted by atomic mass is 10.1. The maximum absolute atomic E-state index is 13.2. The molecule has 1 unspecified atom stereocenters. The Morgan fingerprint density at radius 3 is 2.39 bits per heavy atom. The number of nitrogens with zero attached hydrogens (tertiary/aromatic N) is 2. The van der Waals surface area contributed by atoms with E-state index in [-0.39, 0.29) is 31.3 Å². The summed E-state index contributed by atoms with van der Waals surface area (Å²) < 4.78 is 26.1. The highest BCUT2D eigenvalue weighted by Gasteiger charge is 2.28. The van der Waals surface area contributed by atoms with Gasteiger partial charge in [0.25, 0.3) is 0 Å². The molecule has 1 N–H and O–H groups in total. The number of hydrogen-bond acceptors (Lipinski definition) is 4. The Kier molecular flexibility index (Phi) is 9.73. The Balaban J connectivity index is 2.20. The zero-order valence-electron chi connectivity index (χ0n) is 19.5. The predicted molar refractivity (Wildman–Crippen MR) is 133 cm³/mol. The monoisotopic (exact) mass is 493 g/mol. The van der Waals surface area contributed by atoms with Gasteiger partial charge in [-0.3, -0.25) is 13.9 Å². The van der Waals surface area contributed by atoms with Crippen LogP contribution in [0, 0.1) is 6.92 Å². The SMILES string of the molecule is CCC(C(=O)NC)N(Cc1ccccc1Cl)C(=O)CCCN(c1cccc(C)c1)S(C)(=O)=O. The van der Waals surface area contributed by atoms with E-state index in [1.54, 1.807) is 30.3 Å². The number of rotatable bonds is 11. The first-order valence-electron chi connectivity index (χ1n) is 10.9. The highest BCUT2D eigenvalue weighted by atomic mass is 35.5. The third kappa shape index (κ3) is 7.47. The first-order valence-corrected chi connectivity index (χ1v) is 13.1. The Morgan fingerprint density at radius 1 is 1.12 bits per heavy atom. The van der Waals surface area contributed by atoms with Gasteiger partial charge in [-0.05, 0) is 49.1 Å². The molecule has 2 aromatic carbocycles. The van der Waals surface area contributed by atoms with Crippen LogP contribution in [0.5, 0.6) is 0 Å². The number of aryl methyl sites for hydroxylation is 1. The molecule has 0 aliphatic carbocycles. The van der Waals surface area contributed by atoms with Crippen molar-refractivity contribution in [2.45, 2.75) is 45.7 Å². The number of halogens is 1. The Hall–Kier alpha value is -2.58. The molecule has 0 aromatic heterocycles. The van der Waals surface area contributed by atoms with Crippen LogP contribution in [0.4, 0.5) is 5.69 Å². The van der Waals surface area contributed by atoms with Crippen molar-refractivity contribution in [3.63, 3.8) is 0 Å². The van der Waals surface area contributed by atoms with Crippen molar-refractivity contribution in [2.24, 2.45) is 0 Å². The number of sulfonamides is 1. The minimum Gasteiger partial charge on any atom is -0.357 e. The molecule has 0 saturated heterocycles. The van der Waals surface area contributed by atoms with Gasteiger partial charge in [-0.1, -0.05) is 48.9 Å². The van der Waals surface area contributed by atoms with Crippen LogP contribution in [0.25, 0.3) is 0 Å². The molecule has 0 saturated carbocycles. The van der Waals surface area contributed by atoms with E-state index in [0.29, 0.717) is 23.6 Å². The summed E-state index contributed by atoms with van der Waals surface area (Å²) in [6.07, 6.45) is 1.99. The molecule has 1 atom stereocenters. The third-order valence-corrected chi connectivity index (χ3v) is 6.94. The highest BCUT2D eigenvalue weighted by Crippen LogP contribution is 2.22. The molecule has 0 aliphatic heterocycles. The van der Waals surface area contributed by atoms with Crippen molar-refractivity contribution in [1.82, 2.24) is 10.2 Å². The van der Waals surface area contributed by atoms with Gasteiger partial charge in [0.05, 0.1) is 11.9 Å². The van der Waals surface area contributed by atoms with Crippen LogP contribution >= 0.6 is 11.6 Å². The largest absolute Gasteiger partial charge is 0.357 e. The van der Waals surface area contributed by atoms with Crippen LogP contribution in [-0.4, -0.2) is 51.0 Å². The van der Waals surface area contributed by atoms with E-state index in [1.165, 1.54) is 16.3 Å². The van der Waals surface area contributed by atoms with Gasteiger partial charge in [0.1, 0.15) is 6.04 Å². The molecule has 2 rings (SSSR count). The zero-order chi connectivity index (χ0) is 24.6. The number of carbonyl (C=O) groups is 2. The second-order valence-corrected chi connectivity index (χ2v) is 10.2. The molecule has 0 aliphatic rings. The van der Waals surface area contributed by atoms with Crippen LogP contribution in [0.1, 0.15) is 37.3 Å². The fraction of sp³-hybridized carbons (Fsp3) is 0.417. The van der Waals surface area contributed by atoms with Crippen LogP contribution in [-0.2, 0) is 26.2 Å². The first-order chi connectivity index (χ1) is 15.6. The minimum atomic E-state index is -3.52. The normalized spacial score (nSPS) is 12.2. The summed E-state index contributed by atoms with van der Waals surface area (Å²) in [4.78, 5) is 27.2. The van der Waals surface area contributed by atoms with Crippen molar-refractivity contribution in [1.29, 1.82) is 0 Å². The Morgan fingerprint density at radius 2 is 1.82 bits per heavy atom. The average Bonchev–Trinajstić information content (AvgIpc) is 2.76. The third-order valence-electron chi connectivity index (χ3n) is 5.37. The second kappa shape index (κ2) is 12.0. The second-order valence-electron chi connectivity index (χ2n) is 7.93. The van der Waals surface area contributed by atoms with Crippen LogP contribution < -0.4 is 9.62 Å². The molecule has 9 heteroatoms. The van der Waals surface area contributed by atoms with E-state index >= 15 is 0 Å². The van der Waals surface area contributed by atoms with Gasteiger partial charge in [0.2, 0.25) is 21.8 Å². The molecule has 0 heterocycles. The molecule has 2 aromatic rings. The van der Waals surface area contributed by atoms with Gasteiger partial charge >= 0.3 is 0 Å². The molecule has 2 amide bonds. The van der Waals surface area contributed by atoms with Crippen molar-refractivity contribution in [3.8, 4) is 0 Å². The summed E-state index contributed by atoms with van der Waals surface area (Å²) in [6, 6.07) is 13.8. The summed E-state index contributed by atoms with van der Waals surface area (Å²) in [5.41, 5.74) is 2.25. The fourth-order valence-corrected chi connectivity index (χ4v) is 4.84. The number of amides is 2. The fourth-order valence-electron chi connectivity index (χ4n) is 3.68. The molecule has 0 radical (unpaired) electrons. The zero-order valence-corrected chi connectivity index (χ0v) is 21.1. The Labute approximate surface area is 201 Å². The first kappa shape index (κ1) is 26.7. The van der Waals surface area contributed by atoms with Gasteiger partial charge in [-0.2, -0.15) is 0 Å². The molecular formula is C24H32ClN3O4S. The van der Waals surface area contributed by atoms with Gasteiger partial charge < -0.3 is 10.2 Å². The average molecular weight is 494 g/mol. The van der Waals surface area contributed by atoms with E-state index in [1.807, 2.05) is 32.0 Å². The van der Waals surface area contributed by atoms with Gasteiger partial charge in [-0.15, -0.1) is 0 Å². The standard InChI is InChI=1S/C24H32ClN3O4S/c1-5-22(24(30)26-3)27(17-19-11-6-7-13-21(19)25)23(29)14-9-15-28(33(4,31)32)20-12-8-10-18(2)16-20/h6-8,10-13,16,22H,5,9,14-15,17H2,1-4H3,(H,26,30). The number of hydrogen-bond donors (Lipinski definition) is 1.